The van der Waals surface area contributed by atoms with Gasteiger partial charge in [0.05, 0.1) is 7.11 Å². The molecule has 1 saturated heterocycles. The zero-order valence-corrected chi connectivity index (χ0v) is 18.7. The lowest BCUT2D eigenvalue weighted by atomic mass is 10.0. The highest BCUT2D eigenvalue weighted by Gasteiger charge is 2.39. The minimum Gasteiger partial charge on any atom is -0.497 e. The van der Waals surface area contributed by atoms with Crippen LogP contribution in [0.2, 0.25) is 0 Å². The van der Waals surface area contributed by atoms with E-state index < -0.39 is 6.04 Å². The van der Waals surface area contributed by atoms with Crippen molar-refractivity contribution in [1.29, 1.82) is 0 Å². The van der Waals surface area contributed by atoms with E-state index in [0.29, 0.717) is 25.2 Å². The number of amides is 2. The van der Waals surface area contributed by atoms with Crippen LogP contribution in [0.5, 0.6) is 5.75 Å². The number of rotatable bonds is 5. The maximum absolute atomic E-state index is 13.8. The van der Waals surface area contributed by atoms with Crippen molar-refractivity contribution in [3.63, 3.8) is 0 Å². The second-order valence-corrected chi connectivity index (χ2v) is 8.42. The van der Waals surface area contributed by atoms with Gasteiger partial charge in [-0.25, -0.2) is 0 Å². The third-order valence-electron chi connectivity index (χ3n) is 6.52. The monoisotopic (exact) mass is 441 g/mol. The average molecular weight is 442 g/mol. The Hall–Kier alpha value is -3.80. The Morgan fingerprint density at radius 3 is 2.33 bits per heavy atom. The lowest BCUT2D eigenvalue weighted by Gasteiger charge is -2.39. The van der Waals surface area contributed by atoms with Gasteiger partial charge in [0, 0.05) is 50.0 Å². The Bertz CT molecular complexity index is 1160. The second kappa shape index (κ2) is 8.98. The number of methoxy groups -OCH3 is 1. The van der Waals surface area contributed by atoms with Crippen LogP contribution in [0.4, 0.5) is 5.69 Å². The van der Waals surface area contributed by atoms with Crippen LogP contribution >= 0.6 is 0 Å². The highest BCUT2D eigenvalue weighted by Crippen LogP contribution is 2.33. The molecule has 2 aliphatic heterocycles. The summed E-state index contributed by atoms with van der Waals surface area (Å²) in [6.45, 7) is 3.12. The van der Waals surface area contributed by atoms with Crippen LogP contribution in [0.3, 0.4) is 0 Å². The number of ether oxygens (including phenoxy) is 1. The summed E-state index contributed by atoms with van der Waals surface area (Å²) in [5.41, 5.74) is 3.60. The number of anilines is 1. The third kappa shape index (κ3) is 4.04. The van der Waals surface area contributed by atoms with Crippen LogP contribution in [0, 0.1) is 0 Å². The lowest BCUT2D eigenvalue weighted by Crippen LogP contribution is -2.52. The number of hydrogen-bond acceptors (Lipinski definition) is 4. The van der Waals surface area contributed by atoms with Gasteiger partial charge in [0.1, 0.15) is 11.8 Å². The molecular formula is C27H27N3O3. The minimum atomic E-state index is -0.630. The van der Waals surface area contributed by atoms with E-state index in [1.807, 2.05) is 77.7 Å². The molecule has 1 atom stereocenters. The fourth-order valence-corrected chi connectivity index (χ4v) is 4.74. The van der Waals surface area contributed by atoms with Gasteiger partial charge in [0.25, 0.3) is 5.91 Å². The fourth-order valence-electron chi connectivity index (χ4n) is 4.74. The number of carbonyl (C=O) groups excluding carboxylic acids is 2. The number of nitrogens with zero attached hydrogens (tertiary/aromatic N) is 3. The molecule has 33 heavy (non-hydrogen) atoms. The molecule has 6 nitrogen and oxygen atoms in total. The van der Waals surface area contributed by atoms with Gasteiger partial charge in [0.15, 0.2) is 0 Å². The van der Waals surface area contributed by atoms with Gasteiger partial charge in [-0.2, -0.15) is 0 Å². The molecule has 0 N–H and O–H groups in total. The van der Waals surface area contributed by atoms with Crippen molar-refractivity contribution in [3.8, 4) is 5.75 Å². The highest BCUT2D eigenvalue weighted by atomic mass is 16.5. The molecule has 2 aliphatic rings. The van der Waals surface area contributed by atoms with Gasteiger partial charge in [-0.3, -0.25) is 9.59 Å². The zero-order chi connectivity index (χ0) is 22.8. The smallest absolute Gasteiger partial charge is 0.255 e. The summed E-state index contributed by atoms with van der Waals surface area (Å²) in [5, 5.41) is 0. The van der Waals surface area contributed by atoms with E-state index in [0.717, 1.165) is 35.7 Å². The largest absolute Gasteiger partial charge is 0.497 e. The van der Waals surface area contributed by atoms with Gasteiger partial charge < -0.3 is 19.4 Å². The lowest BCUT2D eigenvalue weighted by molar-refractivity contribution is -0.136. The van der Waals surface area contributed by atoms with E-state index >= 15 is 0 Å². The van der Waals surface area contributed by atoms with E-state index in [-0.39, 0.29) is 11.8 Å². The molecule has 0 aromatic heterocycles. The summed E-state index contributed by atoms with van der Waals surface area (Å²) in [6.07, 6.45) is 0. The summed E-state index contributed by atoms with van der Waals surface area (Å²) in [4.78, 5) is 32.9. The molecule has 2 amide bonds. The van der Waals surface area contributed by atoms with E-state index in [2.05, 4.69) is 11.0 Å². The van der Waals surface area contributed by atoms with Crippen molar-refractivity contribution < 1.29 is 14.3 Å². The van der Waals surface area contributed by atoms with Gasteiger partial charge in [-0.1, -0.05) is 54.6 Å². The molecule has 0 radical (unpaired) electrons. The van der Waals surface area contributed by atoms with Crippen LogP contribution < -0.4 is 9.64 Å². The molecule has 0 bridgehead atoms. The van der Waals surface area contributed by atoms with Crippen molar-refractivity contribution in [2.75, 3.05) is 38.2 Å². The molecule has 0 unspecified atom stereocenters. The van der Waals surface area contributed by atoms with Crippen molar-refractivity contribution in [1.82, 2.24) is 9.80 Å². The number of piperazine rings is 1. The summed E-state index contributed by atoms with van der Waals surface area (Å²) < 4.78 is 5.35. The quantitative estimate of drug-likeness (QED) is 0.605. The maximum atomic E-state index is 13.8. The van der Waals surface area contributed by atoms with Gasteiger partial charge in [-0.15, -0.1) is 0 Å². The molecule has 6 heteroatoms. The zero-order valence-electron chi connectivity index (χ0n) is 18.7. The summed E-state index contributed by atoms with van der Waals surface area (Å²) in [6, 6.07) is 24.6. The molecule has 0 spiro atoms. The van der Waals surface area contributed by atoms with Crippen molar-refractivity contribution >= 4 is 17.5 Å². The first-order valence-electron chi connectivity index (χ1n) is 11.3. The Balaban J connectivity index is 1.36. The van der Waals surface area contributed by atoms with E-state index in [1.165, 1.54) is 0 Å². The molecular weight excluding hydrogens is 414 g/mol. The predicted octanol–water partition coefficient (Wildman–Crippen LogP) is 3.74. The minimum absolute atomic E-state index is 0.0207. The molecule has 0 aliphatic carbocycles. The highest BCUT2D eigenvalue weighted by molar-refractivity contribution is 6.01. The number of carbonyl (C=O) groups is 2. The first-order chi connectivity index (χ1) is 16.2. The number of fused-ring (bicyclic) bond motifs is 1. The van der Waals surface area contributed by atoms with Crippen molar-refractivity contribution in [2.24, 2.45) is 0 Å². The molecule has 3 aromatic carbocycles. The number of hydrogen-bond donors (Lipinski definition) is 0. The Kier molecular flexibility index (Phi) is 5.73. The first kappa shape index (κ1) is 21.1. The van der Waals surface area contributed by atoms with Crippen LogP contribution in [-0.4, -0.2) is 54.9 Å². The Morgan fingerprint density at radius 2 is 1.61 bits per heavy atom. The third-order valence-corrected chi connectivity index (χ3v) is 6.52. The normalized spacial score (nSPS) is 16.5. The van der Waals surface area contributed by atoms with Gasteiger partial charge in [0.2, 0.25) is 5.91 Å². The van der Waals surface area contributed by atoms with Crippen LogP contribution in [0.1, 0.15) is 27.5 Å². The van der Waals surface area contributed by atoms with E-state index in [1.54, 1.807) is 12.0 Å². The Morgan fingerprint density at radius 1 is 0.879 bits per heavy atom. The summed E-state index contributed by atoms with van der Waals surface area (Å²) in [5.74, 6) is 0.720. The molecule has 3 aromatic rings. The topological polar surface area (TPSA) is 53.1 Å². The van der Waals surface area contributed by atoms with Crippen molar-refractivity contribution in [3.05, 3.63) is 95.6 Å². The van der Waals surface area contributed by atoms with Crippen molar-refractivity contribution in [2.45, 2.75) is 12.6 Å². The van der Waals surface area contributed by atoms with Crippen LogP contribution in [0.15, 0.2) is 78.9 Å². The summed E-state index contributed by atoms with van der Waals surface area (Å²) >= 11 is 0. The van der Waals surface area contributed by atoms with E-state index in [9.17, 15) is 9.59 Å². The SMILES string of the molecule is COc1cccc(N2CCN(C(=O)[C@H](c3ccccc3)N3Cc4ccccc4C3=O)CC2)c1. The number of benzene rings is 3. The van der Waals surface area contributed by atoms with Gasteiger partial charge in [-0.05, 0) is 29.3 Å². The standard InChI is InChI=1S/C27H27N3O3/c1-33-23-12-7-11-22(18-23)28-14-16-29(17-15-28)27(32)25(20-8-3-2-4-9-20)30-19-21-10-5-6-13-24(21)26(30)31/h2-13,18,25H,14-17,19H2,1H3/t25-/m0/s1. The Labute approximate surface area is 194 Å². The summed E-state index contributed by atoms with van der Waals surface area (Å²) in [7, 11) is 1.66. The molecule has 168 valence electrons. The first-order valence-corrected chi connectivity index (χ1v) is 11.3. The van der Waals surface area contributed by atoms with Crippen LogP contribution in [-0.2, 0) is 11.3 Å². The second-order valence-electron chi connectivity index (χ2n) is 8.42. The molecule has 2 heterocycles. The molecule has 1 fully saturated rings. The fraction of sp³-hybridized carbons (Fsp3) is 0.259. The van der Waals surface area contributed by atoms with E-state index in [4.69, 9.17) is 4.74 Å². The molecule has 0 saturated carbocycles. The maximum Gasteiger partial charge on any atom is 0.255 e. The van der Waals surface area contributed by atoms with Gasteiger partial charge >= 0.3 is 0 Å². The molecule has 5 rings (SSSR count). The van der Waals surface area contributed by atoms with Crippen LogP contribution in [0.25, 0.3) is 0 Å². The predicted molar refractivity (Wildman–Crippen MR) is 127 cm³/mol. The average Bonchev–Trinajstić information content (AvgIpc) is 3.21.